The molecule has 33 heavy (non-hydrogen) atoms. The van der Waals surface area contributed by atoms with Crippen molar-refractivity contribution in [1.82, 2.24) is 19.4 Å². The number of carbonyl (C=O) groups is 1. The third-order valence-electron chi connectivity index (χ3n) is 6.82. The fourth-order valence-corrected chi connectivity index (χ4v) is 4.40. The molecule has 0 spiro atoms. The molecule has 5 rings (SSSR count). The number of fused-ring (bicyclic) bond motifs is 1. The Kier molecular flexibility index (Phi) is 4.79. The molecule has 3 heterocycles. The molecular weight excluding hydrogens is 438 g/mol. The summed E-state index contributed by atoms with van der Waals surface area (Å²) in [5.41, 5.74) is -2.10. The van der Waals surface area contributed by atoms with Gasteiger partial charge in [-0.3, -0.25) is 9.69 Å². The highest BCUT2D eigenvalue weighted by Crippen LogP contribution is 2.58. The Morgan fingerprint density at radius 1 is 1.12 bits per heavy atom. The number of hydrogen-bond acceptors (Lipinski definition) is 4. The van der Waals surface area contributed by atoms with Crippen LogP contribution in [0.3, 0.4) is 0 Å². The van der Waals surface area contributed by atoms with Crippen molar-refractivity contribution < 1.29 is 22.4 Å². The van der Waals surface area contributed by atoms with Crippen LogP contribution in [0.15, 0.2) is 36.7 Å². The summed E-state index contributed by atoms with van der Waals surface area (Å²) in [6.45, 7) is 0.937. The maximum absolute atomic E-state index is 15.0. The molecule has 0 unspecified atom stereocenters. The van der Waals surface area contributed by atoms with Gasteiger partial charge in [0.25, 0.3) is 5.91 Å². The van der Waals surface area contributed by atoms with Crippen LogP contribution in [0.2, 0.25) is 0 Å². The molecule has 174 valence electrons. The number of amides is 1. The number of imidazole rings is 1. The van der Waals surface area contributed by atoms with E-state index >= 15 is 4.39 Å². The standard InChI is InChI=1S/C23H23F4N5O/c1-14-28-10-18(31(14)2)15-3-4-16-9-29-19(8-17(16)7-15)30-20(33)22(24)12-32(13-22)11-21(5-6-21)23(25,26)27/h3-4,7-10H,5-6,11-13H2,1-2H3,(H,29,30,33). The minimum absolute atomic E-state index is 0.0554. The molecular formula is C23H23F4N5O. The van der Waals surface area contributed by atoms with E-state index in [-0.39, 0.29) is 38.3 Å². The van der Waals surface area contributed by atoms with Crippen molar-refractivity contribution in [2.24, 2.45) is 12.5 Å². The first-order chi connectivity index (χ1) is 15.5. The molecule has 0 bridgehead atoms. The Hall–Kier alpha value is -3.01. The predicted molar refractivity (Wildman–Crippen MR) is 115 cm³/mol. The van der Waals surface area contributed by atoms with Gasteiger partial charge < -0.3 is 9.88 Å². The Bertz CT molecular complexity index is 1240. The van der Waals surface area contributed by atoms with E-state index < -0.39 is 23.2 Å². The van der Waals surface area contributed by atoms with E-state index in [1.165, 1.54) is 4.90 Å². The minimum atomic E-state index is -4.30. The average molecular weight is 461 g/mol. The van der Waals surface area contributed by atoms with Crippen molar-refractivity contribution in [3.8, 4) is 11.3 Å². The van der Waals surface area contributed by atoms with E-state index in [4.69, 9.17) is 0 Å². The Morgan fingerprint density at radius 2 is 1.85 bits per heavy atom. The maximum atomic E-state index is 15.0. The zero-order chi connectivity index (χ0) is 23.6. The summed E-state index contributed by atoms with van der Waals surface area (Å²) in [7, 11) is 1.92. The van der Waals surface area contributed by atoms with Crippen LogP contribution in [-0.4, -0.2) is 56.8 Å². The number of aryl methyl sites for hydroxylation is 1. The number of hydrogen-bond donors (Lipinski definition) is 1. The van der Waals surface area contributed by atoms with Gasteiger partial charge in [-0.1, -0.05) is 12.1 Å². The van der Waals surface area contributed by atoms with Crippen molar-refractivity contribution in [2.75, 3.05) is 25.0 Å². The molecule has 1 saturated carbocycles. The lowest BCUT2D eigenvalue weighted by molar-refractivity contribution is -0.199. The maximum Gasteiger partial charge on any atom is 0.395 e. The average Bonchev–Trinajstić information content (AvgIpc) is 3.46. The summed E-state index contributed by atoms with van der Waals surface area (Å²) in [5, 5.41) is 4.14. The second-order valence-corrected chi connectivity index (χ2v) is 9.22. The quantitative estimate of drug-likeness (QED) is 0.577. The SMILES string of the molecule is Cc1ncc(-c2ccc3cnc(NC(=O)C4(F)CN(CC5(C(F)(F)F)CC5)C4)cc3c2)n1C. The lowest BCUT2D eigenvalue weighted by atomic mass is 9.92. The van der Waals surface area contributed by atoms with Crippen molar-refractivity contribution in [3.05, 3.63) is 42.5 Å². The molecule has 10 heteroatoms. The fourth-order valence-electron chi connectivity index (χ4n) is 4.40. The number of likely N-dealkylation sites (tertiary alicyclic amines) is 1. The second kappa shape index (κ2) is 7.24. The number of alkyl halides is 4. The molecule has 1 amide bonds. The van der Waals surface area contributed by atoms with Gasteiger partial charge in [0.2, 0.25) is 5.67 Å². The van der Waals surface area contributed by atoms with E-state index in [1.54, 1.807) is 18.5 Å². The number of carbonyl (C=O) groups excluding carboxylic acids is 1. The van der Waals surface area contributed by atoms with Crippen molar-refractivity contribution >= 4 is 22.5 Å². The third kappa shape index (κ3) is 3.76. The van der Waals surface area contributed by atoms with E-state index in [9.17, 15) is 18.0 Å². The van der Waals surface area contributed by atoms with Gasteiger partial charge in [-0.05, 0) is 37.3 Å². The molecule has 3 aromatic rings. The highest BCUT2D eigenvalue weighted by Gasteiger charge is 2.65. The molecule has 1 aliphatic carbocycles. The highest BCUT2D eigenvalue weighted by molar-refractivity contribution is 5.99. The molecule has 1 saturated heterocycles. The summed E-state index contributed by atoms with van der Waals surface area (Å²) in [4.78, 5) is 22.4. The zero-order valence-corrected chi connectivity index (χ0v) is 18.2. The lowest BCUT2D eigenvalue weighted by Gasteiger charge is -2.44. The predicted octanol–water partition coefficient (Wildman–Crippen LogP) is 4.25. The zero-order valence-electron chi connectivity index (χ0n) is 18.2. The Morgan fingerprint density at radius 3 is 2.45 bits per heavy atom. The first-order valence-electron chi connectivity index (χ1n) is 10.7. The lowest BCUT2D eigenvalue weighted by Crippen LogP contribution is -2.66. The van der Waals surface area contributed by atoms with Gasteiger partial charge in [0.15, 0.2) is 0 Å². The fraction of sp³-hybridized carbons (Fsp3) is 0.435. The first kappa shape index (κ1) is 21.8. The third-order valence-corrected chi connectivity index (χ3v) is 6.82. The molecule has 1 N–H and O–H groups in total. The number of nitrogens with zero attached hydrogens (tertiary/aromatic N) is 4. The van der Waals surface area contributed by atoms with Crippen LogP contribution >= 0.6 is 0 Å². The van der Waals surface area contributed by atoms with E-state index in [1.807, 2.05) is 36.7 Å². The molecule has 1 aromatic carbocycles. The molecule has 2 aromatic heterocycles. The van der Waals surface area contributed by atoms with Crippen molar-refractivity contribution in [2.45, 2.75) is 31.6 Å². The summed E-state index contributed by atoms with van der Waals surface area (Å²) in [5.74, 6) is 0.175. The molecule has 2 aliphatic rings. The topological polar surface area (TPSA) is 63.1 Å². The largest absolute Gasteiger partial charge is 0.395 e. The van der Waals surface area contributed by atoms with Crippen LogP contribution < -0.4 is 5.32 Å². The van der Waals surface area contributed by atoms with Gasteiger partial charge in [-0.2, -0.15) is 13.2 Å². The molecule has 2 fully saturated rings. The summed E-state index contributed by atoms with van der Waals surface area (Å²) in [6.07, 6.45) is -0.826. The smallest absolute Gasteiger partial charge is 0.331 e. The van der Waals surface area contributed by atoms with Gasteiger partial charge in [0, 0.05) is 43.8 Å². The van der Waals surface area contributed by atoms with E-state index in [2.05, 4.69) is 15.3 Å². The van der Waals surface area contributed by atoms with E-state index in [0.29, 0.717) is 0 Å². The molecule has 0 radical (unpaired) electrons. The number of halogens is 4. The Balaban J connectivity index is 1.28. The van der Waals surface area contributed by atoms with Crippen molar-refractivity contribution in [1.29, 1.82) is 0 Å². The number of nitrogens with one attached hydrogen (secondary N) is 1. The number of rotatable bonds is 5. The van der Waals surface area contributed by atoms with Crippen molar-refractivity contribution in [3.63, 3.8) is 0 Å². The van der Waals surface area contributed by atoms with Crippen LogP contribution in [0.5, 0.6) is 0 Å². The van der Waals surface area contributed by atoms with Crippen LogP contribution in [0, 0.1) is 12.3 Å². The van der Waals surface area contributed by atoms with E-state index in [0.717, 1.165) is 27.9 Å². The van der Waals surface area contributed by atoms with Gasteiger partial charge in [-0.15, -0.1) is 0 Å². The number of anilines is 1. The summed E-state index contributed by atoms with van der Waals surface area (Å²) < 4.78 is 56.4. The number of aromatic nitrogens is 3. The van der Waals surface area contributed by atoms with Gasteiger partial charge in [-0.25, -0.2) is 14.4 Å². The number of benzene rings is 1. The monoisotopic (exact) mass is 461 g/mol. The highest BCUT2D eigenvalue weighted by atomic mass is 19.4. The Labute approximate surface area is 187 Å². The van der Waals surface area contributed by atoms with Gasteiger partial charge in [0.1, 0.15) is 11.6 Å². The molecule has 0 atom stereocenters. The van der Waals surface area contributed by atoms with Crippen LogP contribution in [-0.2, 0) is 11.8 Å². The van der Waals surface area contributed by atoms with Crippen LogP contribution in [0.4, 0.5) is 23.4 Å². The normalized spacial score (nSPS) is 19.3. The first-order valence-corrected chi connectivity index (χ1v) is 10.7. The summed E-state index contributed by atoms with van der Waals surface area (Å²) in [6, 6.07) is 7.44. The van der Waals surface area contributed by atoms with Gasteiger partial charge >= 0.3 is 6.18 Å². The molecule has 6 nitrogen and oxygen atoms in total. The minimum Gasteiger partial charge on any atom is -0.331 e. The second-order valence-electron chi connectivity index (χ2n) is 9.22. The number of pyridine rings is 1. The van der Waals surface area contributed by atoms with Crippen LogP contribution in [0.1, 0.15) is 18.7 Å². The van der Waals surface area contributed by atoms with Gasteiger partial charge in [0.05, 0.1) is 17.3 Å². The van der Waals surface area contributed by atoms with Crippen LogP contribution in [0.25, 0.3) is 22.0 Å². The molecule has 1 aliphatic heterocycles. The summed E-state index contributed by atoms with van der Waals surface area (Å²) >= 11 is 0.